The molecule has 1 aromatic heterocycles. The Kier molecular flexibility index (Phi) is 3.20. The maximum Gasteiger partial charge on any atom is 0.417 e. The van der Waals surface area contributed by atoms with Gasteiger partial charge in [0.1, 0.15) is 0 Å². The predicted octanol–water partition coefficient (Wildman–Crippen LogP) is 1.04. The van der Waals surface area contributed by atoms with E-state index in [1.807, 2.05) is 13.8 Å². The Balaban J connectivity index is 2.21. The van der Waals surface area contributed by atoms with E-state index >= 15 is 0 Å². The van der Waals surface area contributed by atoms with Crippen LogP contribution in [0.4, 0.5) is 5.69 Å². The fraction of sp³-hybridized carbons (Fsp3) is 0.333. The Morgan fingerprint density at radius 2 is 2.17 bits per heavy atom. The average Bonchev–Trinajstić information content (AvgIpc) is 2.67. The second-order valence-electron chi connectivity index (χ2n) is 4.48. The van der Waals surface area contributed by atoms with Crippen molar-refractivity contribution in [2.24, 2.45) is 11.7 Å². The van der Waals surface area contributed by atoms with E-state index in [1.165, 1.54) is 0 Å². The summed E-state index contributed by atoms with van der Waals surface area (Å²) in [4.78, 5) is 25.3. The molecule has 2 rings (SSSR count). The van der Waals surface area contributed by atoms with E-state index in [1.54, 1.807) is 18.2 Å². The van der Waals surface area contributed by atoms with Gasteiger partial charge in [0, 0.05) is 11.8 Å². The summed E-state index contributed by atoms with van der Waals surface area (Å²) in [6.45, 7) is 3.75. The summed E-state index contributed by atoms with van der Waals surface area (Å²) >= 11 is 0. The van der Waals surface area contributed by atoms with Crippen LogP contribution in [0.5, 0.6) is 0 Å². The van der Waals surface area contributed by atoms with Crippen LogP contribution in [0.15, 0.2) is 27.4 Å². The lowest BCUT2D eigenvalue weighted by atomic mass is 10.0. The summed E-state index contributed by atoms with van der Waals surface area (Å²) in [6, 6.07) is 4.35. The van der Waals surface area contributed by atoms with E-state index < -0.39 is 11.8 Å². The summed E-state index contributed by atoms with van der Waals surface area (Å²) in [5.41, 5.74) is 7.27. The Hall–Kier alpha value is -2.08. The highest BCUT2D eigenvalue weighted by Gasteiger charge is 2.17. The van der Waals surface area contributed by atoms with E-state index in [-0.39, 0.29) is 11.8 Å². The number of nitrogens with two attached hydrogens (primary N) is 1. The van der Waals surface area contributed by atoms with Gasteiger partial charge in [0.2, 0.25) is 5.91 Å². The standard InChI is InChI=1S/C12H15N3O3/c1-6(2)10(13)11(16)14-7-3-4-8-9(5-7)18-12(17)15-8/h3-6,10H,13H2,1-2H3,(H,14,16)(H,15,17)/t10-/m0/s1. The molecule has 0 aliphatic carbocycles. The van der Waals surface area contributed by atoms with Gasteiger partial charge in [-0.1, -0.05) is 13.8 Å². The summed E-state index contributed by atoms with van der Waals surface area (Å²) in [7, 11) is 0. The number of fused-ring (bicyclic) bond motifs is 1. The molecule has 1 aromatic carbocycles. The minimum absolute atomic E-state index is 0.0546. The number of rotatable bonds is 3. The van der Waals surface area contributed by atoms with Crippen LogP contribution in [0.3, 0.4) is 0 Å². The molecule has 0 saturated heterocycles. The van der Waals surface area contributed by atoms with Gasteiger partial charge in [-0.25, -0.2) is 4.79 Å². The maximum absolute atomic E-state index is 11.8. The van der Waals surface area contributed by atoms with Crippen LogP contribution < -0.4 is 16.8 Å². The lowest BCUT2D eigenvalue weighted by molar-refractivity contribution is -0.118. The van der Waals surface area contributed by atoms with Crippen LogP contribution in [0.1, 0.15) is 13.8 Å². The number of H-pyrrole nitrogens is 1. The quantitative estimate of drug-likeness (QED) is 0.756. The summed E-state index contributed by atoms with van der Waals surface area (Å²) in [5.74, 6) is -0.728. The molecule has 6 heteroatoms. The molecule has 96 valence electrons. The monoisotopic (exact) mass is 249 g/mol. The number of carbonyl (C=O) groups is 1. The van der Waals surface area contributed by atoms with Crippen LogP contribution in [0.25, 0.3) is 11.1 Å². The lowest BCUT2D eigenvalue weighted by Crippen LogP contribution is -2.39. The highest BCUT2D eigenvalue weighted by Crippen LogP contribution is 2.16. The molecule has 1 amide bonds. The average molecular weight is 249 g/mol. The van der Waals surface area contributed by atoms with E-state index in [0.717, 1.165) is 0 Å². The Morgan fingerprint density at radius 1 is 1.44 bits per heavy atom. The summed E-state index contributed by atoms with van der Waals surface area (Å²) in [6.07, 6.45) is 0. The number of aromatic nitrogens is 1. The van der Waals surface area contributed by atoms with Crippen molar-refractivity contribution in [2.75, 3.05) is 5.32 Å². The normalized spacial score (nSPS) is 12.9. The highest BCUT2D eigenvalue weighted by atomic mass is 16.4. The second-order valence-corrected chi connectivity index (χ2v) is 4.48. The van der Waals surface area contributed by atoms with E-state index in [4.69, 9.17) is 10.2 Å². The Bertz CT molecular complexity index is 627. The third-order valence-electron chi connectivity index (χ3n) is 2.71. The second kappa shape index (κ2) is 4.66. The molecule has 0 fully saturated rings. The van der Waals surface area contributed by atoms with Crippen LogP contribution in [0, 0.1) is 5.92 Å². The van der Waals surface area contributed by atoms with Crippen molar-refractivity contribution in [2.45, 2.75) is 19.9 Å². The number of oxazole rings is 1. The first-order valence-corrected chi connectivity index (χ1v) is 5.66. The molecule has 0 aliphatic rings. The number of hydrogen-bond donors (Lipinski definition) is 3. The maximum atomic E-state index is 11.8. The molecule has 0 bridgehead atoms. The first-order valence-electron chi connectivity index (χ1n) is 5.66. The minimum Gasteiger partial charge on any atom is -0.408 e. The third-order valence-corrected chi connectivity index (χ3v) is 2.71. The number of carbonyl (C=O) groups excluding carboxylic acids is 1. The Morgan fingerprint density at radius 3 is 2.83 bits per heavy atom. The molecule has 2 aromatic rings. The van der Waals surface area contributed by atoms with Crippen molar-refractivity contribution >= 4 is 22.7 Å². The van der Waals surface area contributed by atoms with Crippen LogP contribution in [-0.4, -0.2) is 16.9 Å². The summed E-state index contributed by atoms with van der Waals surface area (Å²) < 4.78 is 4.90. The van der Waals surface area contributed by atoms with Crippen LogP contribution >= 0.6 is 0 Å². The zero-order valence-corrected chi connectivity index (χ0v) is 10.2. The van der Waals surface area contributed by atoms with Crippen LogP contribution in [-0.2, 0) is 4.79 Å². The molecule has 1 heterocycles. The van der Waals surface area contributed by atoms with Gasteiger partial charge in [0.25, 0.3) is 0 Å². The highest BCUT2D eigenvalue weighted by molar-refractivity contribution is 5.96. The van der Waals surface area contributed by atoms with Crippen molar-refractivity contribution < 1.29 is 9.21 Å². The molecule has 0 unspecified atom stereocenters. The van der Waals surface area contributed by atoms with Gasteiger partial charge in [0.05, 0.1) is 11.6 Å². The fourth-order valence-corrected chi connectivity index (χ4v) is 1.55. The number of nitrogens with one attached hydrogen (secondary N) is 2. The molecule has 1 atom stereocenters. The zero-order valence-electron chi connectivity index (χ0n) is 10.2. The number of aromatic amines is 1. The van der Waals surface area contributed by atoms with Crippen molar-refractivity contribution in [3.8, 4) is 0 Å². The van der Waals surface area contributed by atoms with E-state index in [2.05, 4.69) is 10.3 Å². The van der Waals surface area contributed by atoms with Gasteiger partial charge in [-0.15, -0.1) is 0 Å². The van der Waals surface area contributed by atoms with Crippen molar-refractivity contribution in [1.29, 1.82) is 0 Å². The molecular formula is C12H15N3O3. The molecule has 18 heavy (non-hydrogen) atoms. The first-order chi connectivity index (χ1) is 8.47. The van der Waals surface area contributed by atoms with Gasteiger partial charge >= 0.3 is 5.76 Å². The van der Waals surface area contributed by atoms with Crippen molar-refractivity contribution in [1.82, 2.24) is 4.98 Å². The first kappa shape index (κ1) is 12.4. The largest absolute Gasteiger partial charge is 0.417 e. The van der Waals surface area contributed by atoms with Crippen molar-refractivity contribution in [3.05, 3.63) is 28.7 Å². The Labute approximate surface area is 103 Å². The molecule has 0 radical (unpaired) electrons. The molecule has 0 saturated carbocycles. The fourth-order valence-electron chi connectivity index (χ4n) is 1.55. The number of amides is 1. The van der Waals surface area contributed by atoms with Gasteiger partial charge in [-0.3, -0.25) is 9.78 Å². The van der Waals surface area contributed by atoms with Gasteiger partial charge in [-0.05, 0) is 18.1 Å². The molecule has 6 nitrogen and oxygen atoms in total. The molecule has 0 spiro atoms. The predicted molar refractivity (Wildman–Crippen MR) is 68.3 cm³/mol. The topological polar surface area (TPSA) is 101 Å². The lowest BCUT2D eigenvalue weighted by Gasteiger charge is -2.15. The third kappa shape index (κ3) is 2.43. The van der Waals surface area contributed by atoms with Crippen LogP contribution in [0.2, 0.25) is 0 Å². The zero-order chi connectivity index (χ0) is 13.3. The number of benzene rings is 1. The van der Waals surface area contributed by atoms with E-state index in [0.29, 0.717) is 16.8 Å². The number of anilines is 1. The van der Waals surface area contributed by atoms with E-state index in [9.17, 15) is 9.59 Å². The van der Waals surface area contributed by atoms with Gasteiger partial charge in [-0.2, -0.15) is 0 Å². The molecule has 0 aliphatic heterocycles. The molecule has 4 N–H and O–H groups in total. The van der Waals surface area contributed by atoms with Crippen molar-refractivity contribution in [3.63, 3.8) is 0 Å². The summed E-state index contributed by atoms with van der Waals surface area (Å²) in [5, 5.41) is 2.68. The van der Waals surface area contributed by atoms with Gasteiger partial charge in [0.15, 0.2) is 5.58 Å². The van der Waals surface area contributed by atoms with Gasteiger partial charge < -0.3 is 15.5 Å². The minimum atomic E-state index is -0.570. The number of hydrogen-bond acceptors (Lipinski definition) is 4. The SMILES string of the molecule is CC(C)[C@H](N)C(=O)Nc1ccc2[nH]c(=O)oc2c1. The molecular weight excluding hydrogens is 234 g/mol. The smallest absolute Gasteiger partial charge is 0.408 e.